The van der Waals surface area contributed by atoms with Gasteiger partial charge in [0.2, 0.25) is 5.91 Å². The lowest BCUT2D eigenvalue weighted by atomic mass is 9.96. The molecule has 1 atom stereocenters. The summed E-state index contributed by atoms with van der Waals surface area (Å²) >= 11 is 0. The van der Waals surface area contributed by atoms with E-state index in [1.165, 1.54) is 10.5 Å². The van der Waals surface area contributed by atoms with E-state index in [0.717, 1.165) is 51.0 Å². The standard InChI is InChI=1S/C33H27NO4/c35-31-19-18-28(33(36)37)34(31)21-23-10-12-24(13-11-23)25-14-16-26(17-15-25)32-27-8-4-5-9-29(27)38-30(32)20-22-6-2-1-3-7-22/h1-17,28H,18-21H2,(H,36,37). The molecule has 2 heterocycles. The molecule has 5 heteroatoms. The third kappa shape index (κ3) is 4.59. The first-order valence-corrected chi connectivity index (χ1v) is 12.8. The summed E-state index contributed by atoms with van der Waals surface area (Å²) in [5.41, 5.74) is 7.37. The smallest absolute Gasteiger partial charge is 0.326 e. The Morgan fingerprint density at radius 2 is 1.42 bits per heavy atom. The lowest BCUT2D eigenvalue weighted by molar-refractivity contribution is -0.146. The van der Waals surface area contributed by atoms with Gasteiger partial charge in [0.25, 0.3) is 0 Å². The average molecular weight is 502 g/mol. The highest BCUT2D eigenvalue weighted by Gasteiger charge is 2.35. The summed E-state index contributed by atoms with van der Waals surface area (Å²) in [5, 5.41) is 10.5. The van der Waals surface area contributed by atoms with E-state index in [2.05, 4.69) is 42.5 Å². The first-order valence-electron chi connectivity index (χ1n) is 12.8. The zero-order chi connectivity index (χ0) is 26.1. The second-order valence-corrected chi connectivity index (χ2v) is 9.75. The molecule has 1 aliphatic heterocycles. The molecule has 1 amide bonds. The minimum Gasteiger partial charge on any atom is -0.480 e. The minimum absolute atomic E-state index is 0.101. The van der Waals surface area contributed by atoms with Crippen LogP contribution in [0.25, 0.3) is 33.2 Å². The highest BCUT2D eigenvalue weighted by atomic mass is 16.4. The molecule has 1 aliphatic rings. The Balaban J connectivity index is 1.26. The molecule has 6 rings (SSSR count). The summed E-state index contributed by atoms with van der Waals surface area (Å²) in [6.45, 7) is 0.312. The number of rotatable bonds is 7. The van der Waals surface area contributed by atoms with Crippen LogP contribution >= 0.6 is 0 Å². The van der Waals surface area contributed by atoms with Crippen molar-refractivity contribution in [1.29, 1.82) is 0 Å². The number of hydrogen-bond acceptors (Lipinski definition) is 3. The van der Waals surface area contributed by atoms with Gasteiger partial charge in [-0.1, -0.05) is 97.1 Å². The fraction of sp³-hybridized carbons (Fsp3) is 0.152. The van der Waals surface area contributed by atoms with Crippen LogP contribution in [0.5, 0.6) is 0 Å². The van der Waals surface area contributed by atoms with E-state index in [4.69, 9.17) is 4.42 Å². The van der Waals surface area contributed by atoms with Crippen LogP contribution in [-0.2, 0) is 22.6 Å². The number of amides is 1. The summed E-state index contributed by atoms with van der Waals surface area (Å²) in [7, 11) is 0. The van der Waals surface area contributed by atoms with Gasteiger partial charge in [-0.25, -0.2) is 4.79 Å². The van der Waals surface area contributed by atoms with Crippen LogP contribution in [0.2, 0.25) is 0 Å². The number of likely N-dealkylation sites (tertiary alicyclic amines) is 1. The fourth-order valence-electron chi connectivity index (χ4n) is 5.34. The molecular formula is C33H27NO4. The van der Waals surface area contributed by atoms with Gasteiger partial charge in [-0.3, -0.25) is 4.79 Å². The molecule has 1 unspecified atom stereocenters. The maximum Gasteiger partial charge on any atom is 0.326 e. The zero-order valence-corrected chi connectivity index (χ0v) is 20.8. The molecule has 188 valence electrons. The largest absolute Gasteiger partial charge is 0.480 e. The van der Waals surface area contributed by atoms with Crippen molar-refractivity contribution in [3.63, 3.8) is 0 Å². The number of benzene rings is 4. The van der Waals surface area contributed by atoms with Crippen LogP contribution in [0.1, 0.15) is 29.7 Å². The lowest BCUT2D eigenvalue weighted by Crippen LogP contribution is -2.37. The Morgan fingerprint density at radius 1 is 0.789 bits per heavy atom. The lowest BCUT2D eigenvalue weighted by Gasteiger charge is -2.21. The van der Waals surface area contributed by atoms with Crippen molar-refractivity contribution < 1.29 is 19.1 Å². The van der Waals surface area contributed by atoms with Crippen molar-refractivity contribution in [3.05, 3.63) is 120 Å². The Hall–Kier alpha value is -4.64. The van der Waals surface area contributed by atoms with Gasteiger partial charge >= 0.3 is 5.97 Å². The van der Waals surface area contributed by atoms with Crippen LogP contribution in [0.15, 0.2) is 108 Å². The SMILES string of the molecule is O=C(O)C1CCC(=O)N1Cc1ccc(-c2ccc(-c3c(Cc4ccccc4)oc4ccccc34)cc2)cc1. The number of carbonyl (C=O) groups excluding carboxylic acids is 1. The molecule has 0 spiro atoms. The monoisotopic (exact) mass is 501 g/mol. The van der Waals surface area contributed by atoms with Crippen molar-refractivity contribution in [2.75, 3.05) is 0 Å². The number of carboxylic acids is 1. The van der Waals surface area contributed by atoms with Gasteiger partial charge in [-0.2, -0.15) is 0 Å². The van der Waals surface area contributed by atoms with Crippen LogP contribution in [0.4, 0.5) is 0 Å². The highest BCUT2D eigenvalue weighted by molar-refractivity contribution is 5.96. The molecule has 5 aromatic rings. The molecule has 0 saturated carbocycles. The second kappa shape index (κ2) is 10.0. The average Bonchev–Trinajstić information content (AvgIpc) is 3.49. The minimum atomic E-state index is -0.940. The van der Waals surface area contributed by atoms with Crippen LogP contribution < -0.4 is 0 Å². The molecule has 1 saturated heterocycles. The Bertz CT molecular complexity index is 1600. The van der Waals surface area contributed by atoms with Gasteiger partial charge in [0.15, 0.2) is 0 Å². The molecule has 1 N–H and O–H groups in total. The van der Waals surface area contributed by atoms with E-state index in [0.29, 0.717) is 19.4 Å². The van der Waals surface area contributed by atoms with E-state index in [9.17, 15) is 14.7 Å². The number of furan rings is 1. The number of carboxylic acid groups (broad SMARTS) is 1. The summed E-state index contributed by atoms with van der Waals surface area (Å²) in [6.07, 6.45) is 1.38. The highest BCUT2D eigenvalue weighted by Crippen LogP contribution is 2.37. The van der Waals surface area contributed by atoms with E-state index >= 15 is 0 Å². The molecular weight excluding hydrogens is 474 g/mol. The van der Waals surface area contributed by atoms with Crippen LogP contribution in [0, 0.1) is 0 Å². The van der Waals surface area contributed by atoms with E-state index < -0.39 is 12.0 Å². The van der Waals surface area contributed by atoms with Crippen molar-refractivity contribution in [3.8, 4) is 22.3 Å². The zero-order valence-electron chi connectivity index (χ0n) is 20.8. The first-order chi connectivity index (χ1) is 18.6. The topological polar surface area (TPSA) is 70.8 Å². The van der Waals surface area contributed by atoms with Crippen molar-refractivity contribution >= 4 is 22.8 Å². The van der Waals surface area contributed by atoms with E-state index in [1.54, 1.807) is 0 Å². The quantitative estimate of drug-likeness (QED) is 0.262. The summed E-state index contributed by atoms with van der Waals surface area (Å²) < 4.78 is 6.31. The van der Waals surface area contributed by atoms with Gasteiger partial charge in [0.1, 0.15) is 17.4 Å². The number of nitrogens with zero attached hydrogens (tertiary/aromatic N) is 1. The van der Waals surface area contributed by atoms with E-state index in [1.807, 2.05) is 60.7 Å². The van der Waals surface area contributed by atoms with Gasteiger partial charge in [0.05, 0.1) is 0 Å². The summed E-state index contributed by atoms with van der Waals surface area (Å²) in [4.78, 5) is 25.1. The number of hydrogen-bond donors (Lipinski definition) is 1. The number of para-hydroxylation sites is 1. The third-order valence-corrected chi connectivity index (χ3v) is 7.30. The molecule has 4 aromatic carbocycles. The van der Waals surface area contributed by atoms with Gasteiger partial charge in [0, 0.05) is 30.3 Å². The van der Waals surface area contributed by atoms with Gasteiger partial charge in [-0.15, -0.1) is 0 Å². The molecule has 1 fully saturated rings. The molecule has 0 radical (unpaired) electrons. The maximum absolute atomic E-state index is 12.2. The van der Waals surface area contributed by atoms with Crippen molar-refractivity contribution in [2.24, 2.45) is 0 Å². The summed E-state index contributed by atoms with van der Waals surface area (Å²) in [5.74, 6) is -0.0917. The summed E-state index contributed by atoms with van der Waals surface area (Å²) in [6, 6.07) is 34.2. The second-order valence-electron chi connectivity index (χ2n) is 9.75. The fourth-order valence-corrected chi connectivity index (χ4v) is 5.34. The van der Waals surface area contributed by atoms with Gasteiger partial charge < -0.3 is 14.4 Å². The first kappa shape index (κ1) is 23.7. The molecule has 0 aliphatic carbocycles. The predicted octanol–water partition coefficient (Wildman–Crippen LogP) is 6.93. The maximum atomic E-state index is 12.2. The molecule has 5 nitrogen and oxygen atoms in total. The third-order valence-electron chi connectivity index (χ3n) is 7.30. The molecule has 0 bridgehead atoms. The Morgan fingerprint density at radius 3 is 2.13 bits per heavy atom. The van der Waals surface area contributed by atoms with E-state index in [-0.39, 0.29) is 5.91 Å². The van der Waals surface area contributed by atoms with Crippen LogP contribution in [-0.4, -0.2) is 27.9 Å². The number of carbonyl (C=O) groups is 2. The number of fused-ring (bicyclic) bond motifs is 1. The van der Waals surface area contributed by atoms with Crippen molar-refractivity contribution in [2.45, 2.75) is 31.8 Å². The molecule has 1 aromatic heterocycles. The van der Waals surface area contributed by atoms with Gasteiger partial charge in [-0.05, 0) is 40.3 Å². The Kier molecular flexibility index (Phi) is 6.26. The Labute approximate surface area is 221 Å². The number of aliphatic carboxylic acids is 1. The van der Waals surface area contributed by atoms with Crippen molar-refractivity contribution in [1.82, 2.24) is 4.90 Å². The predicted molar refractivity (Wildman–Crippen MR) is 148 cm³/mol. The molecule has 38 heavy (non-hydrogen) atoms. The van der Waals surface area contributed by atoms with Crippen LogP contribution in [0.3, 0.4) is 0 Å². The normalized spacial score (nSPS) is 15.3.